The molecule has 1 heterocycles. The van der Waals surface area contributed by atoms with Gasteiger partial charge in [0.15, 0.2) is 6.61 Å². The Morgan fingerprint density at radius 2 is 1.86 bits per heavy atom. The van der Waals surface area contributed by atoms with Crippen LogP contribution in [-0.4, -0.2) is 36.9 Å². The summed E-state index contributed by atoms with van der Waals surface area (Å²) in [5, 5.41) is 15.2. The van der Waals surface area contributed by atoms with Crippen LogP contribution in [-0.2, 0) is 4.79 Å². The van der Waals surface area contributed by atoms with E-state index in [0.29, 0.717) is 12.3 Å². The highest BCUT2D eigenvalue weighted by Gasteiger charge is 2.27. The van der Waals surface area contributed by atoms with Crippen LogP contribution in [0.3, 0.4) is 0 Å². The Balaban J connectivity index is 1.30. The van der Waals surface area contributed by atoms with Crippen LogP contribution in [0.5, 0.6) is 11.5 Å². The van der Waals surface area contributed by atoms with E-state index < -0.39 is 5.97 Å². The summed E-state index contributed by atoms with van der Waals surface area (Å²) in [6.07, 6.45) is 0.833. The fraction of sp³-hybridized carbons (Fsp3) is 0.258. The number of fused-ring (bicyclic) bond motifs is 2. The van der Waals surface area contributed by atoms with Gasteiger partial charge in [0.25, 0.3) is 0 Å². The van der Waals surface area contributed by atoms with Gasteiger partial charge in [-0.15, -0.1) is 0 Å². The summed E-state index contributed by atoms with van der Waals surface area (Å²) in [7, 11) is 0. The lowest BCUT2D eigenvalue weighted by Gasteiger charge is -2.37. The zero-order valence-electron chi connectivity index (χ0n) is 21.2. The second-order valence-corrected chi connectivity index (χ2v) is 9.54. The molecule has 37 heavy (non-hydrogen) atoms. The first-order valence-electron chi connectivity index (χ1n) is 12.7. The van der Waals surface area contributed by atoms with Crippen LogP contribution in [0.25, 0.3) is 10.8 Å². The molecule has 2 atom stereocenters. The van der Waals surface area contributed by atoms with E-state index in [0.717, 1.165) is 35.7 Å². The lowest BCUT2D eigenvalue weighted by atomic mass is 9.99. The summed E-state index contributed by atoms with van der Waals surface area (Å²) in [5.41, 5.74) is 4.25. The summed E-state index contributed by atoms with van der Waals surface area (Å²) in [6.45, 7) is 5.32. The average molecular weight is 497 g/mol. The maximum absolute atomic E-state index is 11.0. The molecule has 0 radical (unpaired) electrons. The third-order valence-corrected chi connectivity index (χ3v) is 6.75. The zero-order valence-corrected chi connectivity index (χ0v) is 21.2. The Morgan fingerprint density at radius 1 is 1.08 bits per heavy atom. The van der Waals surface area contributed by atoms with Crippen LogP contribution in [0.15, 0.2) is 84.9 Å². The van der Waals surface area contributed by atoms with E-state index in [2.05, 4.69) is 65.7 Å². The van der Waals surface area contributed by atoms with Crippen LogP contribution >= 0.6 is 0 Å². The van der Waals surface area contributed by atoms with Gasteiger partial charge >= 0.3 is 5.97 Å². The first-order valence-corrected chi connectivity index (χ1v) is 12.7. The molecule has 1 aliphatic rings. The molecule has 2 N–H and O–H groups in total. The molecular formula is C31H32N2O4. The van der Waals surface area contributed by atoms with Crippen LogP contribution in [0.2, 0.25) is 0 Å². The van der Waals surface area contributed by atoms with E-state index in [-0.39, 0.29) is 18.8 Å². The lowest BCUT2D eigenvalue weighted by Crippen LogP contribution is -2.39. The fourth-order valence-electron chi connectivity index (χ4n) is 5.00. The van der Waals surface area contributed by atoms with E-state index >= 15 is 0 Å². The van der Waals surface area contributed by atoms with E-state index in [4.69, 9.17) is 14.6 Å². The number of carboxylic acids is 1. The number of benzene rings is 4. The number of aliphatic carboxylic acids is 1. The summed E-state index contributed by atoms with van der Waals surface area (Å²) in [6, 6.07) is 29.0. The van der Waals surface area contributed by atoms with Crippen molar-refractivity contribution >= 4 is 28.1 Å². The minimum atomic E-state index is -0.995. The number of carboxylic acid groups (broad SMARTS) is 1. The molecule has 0 amide bonds. The molecule has 0 bridgehead atoms. The molecule has 1 unspecified atom stereocenters. The molecule has 5 rings (SSSR count). The van der Waals surface area contributed by atoms with Gasteiger partial charge in [0.1, 0.15) is 17.6 Å². The van der Waals surface area contributed by atoms with Gasteiger partial charge in [0, 0.05) is 17.8 Å². The second kappa shape index (κ2) is 10.9. The lowest BCUT2D eigenvalue weighted by molar-refractivity contribution is -0.139. The number of nitrogens with one attached hydrogen (secondary N) is 1. The van der Waals surface area contributed by atoms with Crippen molar-refractivity contribution in [1.82, 2.24) is 5.32 Å². The number of rotatable bonds is 9. The van der Waals surface area contributed by atoms with Crippen molar-refractivity contribution in [3.8, 4) is 11.5 Å². The Bertz CT molecular complexity index is 1400. The smallest absolute Gasteiger partial charge is 0.341 e. The van der Waals surface area contributed by atoms with Gasteiger partial charge in [-0.3, -0.25) is 0 Å². The highest BCUT2D eigenvalue weighted by Crippen LogP contribution is 2.40. The van der Waals surface area contributed by atoms with Gasteiger partial charge in [-0.25, -0.2) is 4.79 Å². The largest absolute Gasteiger partial charge is 0.486 e. The van der Waals surface area contributed by atoms with Gasteiger partial charge in [0.2, 0.25) is 0 Å². The summed E-state index contributed by atoms with van der Waals surface area (Å²) < 4.78 is 11.9. The molecule has 0 aromatic heterocycles. The standard InChI is InChI=1S/C31H32N2O4/c1-21-16-24(18-26(17-21)36-20-31(34)35)33-19-25(37-30-13-6-5-12-29(30)33)14-15-32-22(2)27-11-7-9-23-8-3-4-10-28(23)27/h3-13,16-18,22,25,32H,14-15,19-20H2,1-2H3,(H,34,35)/t22-,25?/m1/s1. The Kier molecular flexibility index (Phi) is 7.28. The number of hydrogen-bond donors (Lipinski definition) is 2. The molecule has 190 valence electrons. The fourth-order valence-corrected chi connectivity index (χ4v) is 5.00. The van der Waals surface area contributed by atoms with Crippen molar-refractivity contribution < 1.29 is 19.4 Å². The minimum Gasteiger partial charge on any atom is -0.486 e. The Labute approximate surface area is 217 Å². The third-order valence-electron chi connectivity index (χ3n) is 6.75. The minimum absolute atomic E-state index is 0.00832. The first-order chi connectivity index (χ1) is 18.0. The summed E-state index contributed by atoms with van der Waals surface area (Å²) >= 11 is 0. The molecule has 0 saturated carbocycles. The number of nitrogens with zero attached hydrogens (tertiary/aromatic N) is 1. The number of aryl methyl sites for hydroxylation is 1. The zero-order chi connectivity index (χ0) is 25.8. The van der Waals surface area contributed by atoms with Crippen molar-refractivity contribution in [2.75, 3.05) is 24.6 Å². The van der Waals surface area contributed by atoms with Gasteiger partial charge < -0.3 is 24.8 Å². The van der Waals surface area contributed by atoms with Gasteiger partial charge in [-0.1, -0.05) is 54.6 Å². The topological polar surface area (TPSA) is 71.0 Å². The molecule has 1 aliphatic heterocycles. The summed E-state index contributed by atoms with van der Waals surface area (Å²) in [4.78, 5) is 13.2. The molecule has 6 nitrogen and oxygen atoms in total. The number of ether oxygens (including phenoxy) is 2. The molecule has 0 spiro atoms. The van der Waals surface area contributed by atoms with E-state index in [1.165, 1.54) is 16.3 Å². The summed E-state index contributed by atoms with van der Waals surface area (Å²) in [5.74, 6) is 0.393. The highest BCUT2D eigenvalue weighted by atomic mass is 16.5. The predicted octanol–water partition coefficient (Wildman–Crippen LogP) is 6.25. The molecular weight excluding hydrogens is 464 g/mol. The number of anilines is 2. The second-order valence-electron chi connectivity index (χ2n) is 9.54. The molecule has 0 saturated heterocycles. The van der Waals surface area contributed by atoms with Crippen LogP contribution < -0.4 is 19.7 Å². The van der Waals surface area contributed by atoms with Crippen LogP contribution in [0.1, 0.15) is 30.5 Å². The molecule has 0 aliphatic carbocycles. The van der Waals surface area contributed by atoms with Gasteiger partial charge in [-0.05, 0) is 73.0 Å². The van der Waals surface area contributed by atoms with E-state index in [9.17, 15) is 4.79 Å². The third kappa shape index (κ3) is 5.70. The molecule has 4 aromatic rings. The number of carbonyl (C=O) groups is 1. The van der Waals surface area contributed by atoms with Gasteiger partial charge in [0.05, 0.1) is 12.2 Å². The monoisotopic (exact) mass is 496 g/mol. The van der Waals surface area contributed by atoms with E-state index in [1.54, 1.807) is 0 Å². The number of hydrogen-bond acceptors (Lipinski definition) is 5. The van der Waals surface area contributed by atoms with Crippen molar-refractivity contribution in [1.29, 1.82) is 0 Å². The Hall–Kier alpha value is -4.03. The molecule has 0 fully saturated rings. The maximum atomic E-state index is 11.0. The van der Waals surface area contributed by atoms with Crippen molar-refractivity contribution in [2.45, 2.75) is 32.4 Å². The predicted molar refractivity (Wildman–Crippen MR) is 147 cm³/mol. The first kappa shape index (κ1) is 24.7. The molecule has 4 aromatic carbocycles. The van der Waals surface area contributed by atoms with Crippen LogP contribution in [0.4, 0.5) is 11.4 Å². The van der Waals surface area contributed by atoms with Crippen molar-refractivity contribution in [3.63, 3.8) is 0 Å². The van der Waals surface area contributed by atoms with Crippen molar-refractivity contribution in [3.05, 3.63) is 96.1 Å². The average Bonchev–Trinajstić information content (AvgIpc) is 2.90. The normalized spacial score (nSPS) is 15.6. The van der Waals surface area contributed by atoms with Gasteiger partial charge in [-0.2, -0.15) is 0 Å². The molecule has 6 heteroatoms. The SMILES string of the molecule is Cc1cc(OCC(=O)O)cc(N2CC(CCN[C@H](C)c3cccc4ccccc34)Oc3ccccc32)c1. The number of para-hydroxylation sites is 2. The highest BCUT2D eigenvalue weighted by molar-refractivity contribution is 5.86. The van der Waals surface area contributed by atoms with Crippen molar-refractivity contribution in [2.24, 2.45) is 0 Å². The van der Waals surface area contributed by atoms with Crippen LogP contribution in [0, 0.1) is 6.92 Å². The van der Waals surface area contributed by atoms with E-state index in [1.807, 2.05) is 43.3 Å². The maximum Gasteiger partial charge on any atom is 0.341 e. The Morgan fingerprint density at radius 3 is 2.73 bits per heavy atom. The quantitative estimate of drug-likeness (QED) is 0.285.